The highest BCUT2D eigenvalue weighted by atomic mass is 32.2. The minimum Gasteiger partial charge on any atom is -0.496 e. The molecule has 1 saturated heterocycles. The number of allylic oxidation sites excluding steroid dienone is 1. The van der Waals surface area contributed by atoms with Crippen molar-refractivity contribution in [1.82, 2.24) is 24.6 Å². The number of nitrogens with zero attached hydrogens (tertiary/aromatic N) is 5. The van der Waals surface area contributed by atoms with Gasteiger partial charge in [0.1, 0.15) is 18.1 Å². The predicted molar refractivity (Wildman–Crippen MR) is 138 cm³/mol. The quantitative estimate of drug-likeness (QED) is 0.299. The maximum Gasteiger partial charge on any atom is 0.233 e. The Morgan fingerprint density at radius 1 is 1.06 bits per heavy atom. The van der Waals surface area contributed by atoms with Gasteiger partial charge in [-0.25, -0.2) is 0 Å². The van der Waals surface area contributed by atoms with Crippen LogP contribution in [0.3, 0.4) is 0 Å². The van der Waals surface area contributed by atoms with Crippen LogP contribution < -0.4 is 9.47 Å². The normalized spacial score (nSPS) is 14.0. The highest BCUT2D eigenvalue weighted by Crippen LogP contribution is 2.31. The number of aromatic nitrogens is 3. The van der Waals surface area contributed by atoms with E-state index >= 15 is 0 Å². The van der Waals surface area contributed by atoms with Gasteiger partial charge in [-0.15, -0.1) is 16.8 Å². The van der Waals surface area contributed by atoms with E-state index in [0.717, 1.165) is 49.8 Å². The number of hydrogen-bond acceptors (Lipinski definition) is 7. The van der Waals surface area contributed by atoms with Crippen molar-refractivity contribution in [3.05, 3.63) is 67.3 Å². The Labute approximate surface area is 210 Å². The van der Waals surface area contributed by atoms with Crippen LogP contribution >= 0.6 is 11.8 Å². The van der Waals surface area contributed by atoms with Crippen LogP contribution in [0.4, 0.5) is 0 Å². The number of hydrogen-bond donors (Lipinski definition) is 0. The van der Waals surface area contributed by atoms with Gasteiger partial charge in [-0.1, -0.05) is 48.2 Å². The van der Waals surface area contributed by atoms with Crippen LogP contribution in [0, 0.1) is 0 Å². The summed E-state index contributed by atoms with van der Waals surface area (Å²) >= 11 is 1.41. The first kappa shape index (κ1) is 24.8. The first-order chi connectivity index (χ1) is 17.2. The molecule has 0 N–H and O–H groups in total. The summed E-state index contributed by atoms with van der Waals surface area (Å²) in [6, 6.07) is 17.5. The van der Waals surface area contributed by atoms with Gasteiger partial charge in [0.2, 0.25) is 5.91 Å². The van der Waals surface area contributed by atoms with Gasteiger partial charge in [-0.3, -0.25) is 14.3 Å². The Morgan fingerprint density at radius 2 is 1.80 bits per heavy atom. The highest BCUT2D eigenvalue weighted by Gasteiger charge is 2.23. The molecule has 0 atom stereocenters. The molecule has 0 saturated carbocycles. The van der Waals surface area contributed by atoms with Gasteiger partial charge in [0.15, 0.2) is 11.0 Å². The fourth-order valence-electron chi connectivity index (χ4n) is 3.97. The van der Waals surface area contributed by atoms with Crippen LogP contribution in [-0.4, -0.2) is 82.7 Å². The lowest BCUT2D eigenvalue weighted by Crippen LogP contribution is -2.50. The Morgan fingerprint density at radius 3 is 2.54 bits per heavy atom. The molecule has 3 aromatic rings. The van der Waals surface area contributed by atoms with Gasteiger partial charge in [0, 0.05) is 39.3 Å². The number of carbonyl (C=O) groups is 1. The third-order valence-electron chi connectivity index (χ3n) is 5.85. The molecule has 35 heavy (non-hydrogen) atoms. The Balaban J connectivity index is 1.28. The molecular formula is C26H31N5O3S. The number of ether oxygens (including phenoxy) is 2. The number of rotatable bonds is 11. The standard InChI is InChI=1S/C26H31N5O3S/c1-3-13-31-25(22-11-7-8-12-23(22)33-2)27-28-26(31)35-20-24(32)30-16-14-29(15-17-30)18-19-34-21-9-5-4-6-10-21/h3-12H,1,13-20H2,2H3. The molecule has 2 heterocycles. The zero-order valence-electron chi connectivity index (χ0n) is 20.0. The zero-order valence-corrected chi connectivity index (χ0v) is 20.8. The minimum atomic E-state index is 0.113. The summed E-state index contributed by atoms with van der Waals surface area (Å²) in [4.78, 5) is 17.1. The average molecular weight is 494 g/mol. The zero-order chi connectivity index (χ0) is 24.5. The van der Waals surface area contributed by atoms with Gasteiger partial charge in [-0.05, 0) is 24.3 Å². The van der Waals surface area contributed by atoms with E-state index < -0.39 is 0 Å². The van der Waals surface area contributed by atoms with E-state index in [1.165, 1.54) is 11.8 Å². The van der Waals surface area contributed by atoms with Crippen molar-refractivity contribution in [2.45, 2.75) is 11.7 Å². The van der Waals surface area contributed by atoms with Crippen LogP contribution in [-0.2, 0) is 11.3 Å². The molecule has 1 amide bonds. The van der Waals surface area contributed by atoms with Crippen molar-refractivity contribution in [3.8, 4) is 22.9 Å². The van der Waals surface area contributed by atoms with Crippen LogP contribution in [0.2, 0.25) is 0 Å². The maximum atomic E-state index is 12.9. The van der Waals surface area contributed by atoms with Crippen molar-refractivity contribution in [2.75, 3.05) is 52.2 Å². The van der Waals surface area contributed by atoms with E-state index in [1.54, 1.807) is 13.2 Å². The van der Waals surface area contributed by atoms with Crippen molar-refractivity contribution >= 4 is 17.7 Å². The summed E-state index contributed by atoms with van der Waals surface area (Å²) in [5.74, 6) is 2.74. The Bertz CT molecular complexity index is 1110. The lowest BCUT2D eigenvalue weighted by molar-refractivity contribution is -0.130. The van der Waals surface area contributed by atoms with Crippen molar-refractivity contribution in [2.24, 2.45) is 0 Å². The molecule has 184 valence electrons. The molecule has 8 nitrogen and oxygen atoms in total. The number of methoxy groups -OCH3 is 1. The molecule has 9 heteroatoms. The molecule has 0 bridgehead atoms. The van der Waals surface area contributed by atoms with Crippen LogP contribution in [0.15, 0.2) is 72.4 Å². The molecule has 4 rings (SSSR count). The molecule has 0 unspecified atom stereocenters. The lowest BCUT2D eigenvalue weighted by atomic mass is 10.2. The number of amides is 1. The fraction of sp³-hybridized carbons (Fsp3) is 0.346. The van der Waals surface area contributed by atoms with Gasteiger partial charge in [-0.2, -0.15) is 0 Å². The van der Waals surface area contributed by atoms with Gasteiger partial charge < -0.3 is 14.4 Å². The monoisotopic (exact) mass is 493 g/mol. The Kier molecular flexibility index (Phi) is 8.80. The molecule has 0 radical (unpaired) electrons. The topological polar surface area (TPSA) is 72.7 Å². The molecule has 1 aliphatic rings. The lowest BCUT2D eigenvalue weighted by Gasteiger charge is -2.34. The van der Waals surface area contributed by atoms with Gasteiger partial charge in [0.05, 0.1) is 18.4 Å². The van der Waals surface area contributed by atoms with Crippen molar-refractivity contribution in [3.63, 3.8) is 0 Å². The van der Waals surface area contributed by atoms with E-state index in [-0.39, 0.29) is 5.91 Å². The first-order valence-corrected chi connectivity index (χ1v) is 12.7. The second-order valence-electron chi connectivity index (χ2n) is 8.08. The summed E-state index contributed by atoms with van der Waals surface area (Å²) in [5.41, 5.74) is 0.856. The van der Waals surface area contributed by atoms with Crippen molar-refractivity contribution < 1.29 is 14.3 Å². The molecule has 1 fully saturated rings. The molecular weight excluding hydrogens is 462 g/mol. The summed E-state index contributed by atoms with van der Waals surface area (Å²) < 4.78 is 13.2. The van der Waals surface area contributed by atoms with Crippen molar-refractivity contribution in [1.29, 1.82) is 0 Å². The SMILES string of the molecule is C=CCn1c(SCC(=O)N2CCN(CCOc3ccccc3)CC2)nnc1-c1ccccc1OC. The second kappa shape index (κ2) is 12.4. The number of para-hydroxylation sites is 2. The van der Waals surface area contributed by atoms with Crippen LogP contribution in [0.5, 0.6) is 11.5 Å². The summed E-state index contributed by atoms with van der Waals surface area (Å²) in [5, 5.41) is 9.43. The minimum absolute atomic E-state index is 0.113. The van der Waals surface area contributed by atoms with E-state index in [2.05, 4.69) is 21.7 Å². The summed E-state index contributed by atoms with van der Waals surface area (Å²) in [6.45, 7) is 9.02. The highest BCUT2D eigenvalue weighted by molar-refractivity contribution is 7.99. The third-order valence-corrected chi connectivity index (χ3v) is 6.80. The first-order valence-electron chi connectivity index (χ1n) is 11.7. The summed E-state index contributed by atoms with van der Waals surface area (Å²) in [6.07, 6.45) is 1.80. The third kappa shape index (κ3) is 6.43. The maximum absolute atomic E-state index is 12.9. The number of thioether (sulfide) groups is 1. The van der Waals surface area contributed by atoms with E-state index in [0.29, 0.717) is 29.9 Å². The molecule has 2 aromatic carbocycles. The molecule has 1 aromatic heterocycles. The largest absolute Gasteiger partial charge is 0.496 e. The van der Waals surface area contributed by atoms with E-state index in [1.807, 2.05) is 64.1 Å². The molecule has 1 aliphatic heterocycles. The summed E-state index contributed by atoms with van der Waals surface area (Å²) in [7, 11) is 1.64. The molecule has 0 aliphatic carbocycles. The van der Waals surface area contributed by atoms with E-state index in [4.69, 9.17) is 9.47 Å². The Hall–Kier alpha value is -3.30. The second-order valence-corrected chi connectivity index (χ2v) is 9.02. The van der Waals surface area contributed by atoms with E-state index in [9.17, 15) is 4.79 Å². The number of benzene rings is 2. The average Bonchev–Trinajstić information content (AvgIpc) is 3.30. The van der Waals surface area contributed by atoms with Gasteiger partial charge >= 0.3 is 0 Å². The fourth-order valence-corrected chi connectivity index (χ4v) is 4.82. The van der Waals surface area contributed by atoms with Crippen LogP contribution in [0.1, 0.15) is 0 Å². The number of piperazine rings is 1. The smallest absolute Gasteiger partial charge is 0.233 e. The van der Waals surface area contributed by atoms with Crippen LogP contribution in [0.25, 0.3) is 11.4 Å². The number of carbonyl (C=O) groups excluding carboxylic acids is 1. The molecule has 0 spiro atoms. The van der Waals surface area contributed by atoms with Gasteiger partial charge in [0.25, 0.3) is 0 Å². The predicted octanol–water partition coefficient (Wildman–Crippen LogP) is 3.46.